The van der Waals surface area contributed by atoms with Gasteiger partial charge in [-0.25, -0.2) is 0 Å². The Kier molecular flexibility index (Phi) is 4.64. The van der Waals surface area contributed by atoms with Gasteiger partial charge in [-0.1, -0.05) is 6.92 Å². The van der Waals surface area contributed by atoms with Crippen molar-refractivity contribution in [1.82, 2.24) is 10.3 Å². The van der Waals surface area contributed by atoms with Gasteiger partial charge >= 0.3 is 6.18 Å². The van der Waals surface area contributed by atoms with Crippen LogP contribution in [0.15, 0.2) is 42.6 Å². The van der Waals surface area contributed by atoms with Crippen LogP contribution in [-0.4, -0.2) is 24.0 Å². The second-order valence-electron chi connectivity index (χ2n) is 7.00. The monoisotopic (exact) mass is 363 g/mol. The molecule has 0 saturated heterocycles. The van der Waals surface area contributed by atoms with E-state index in [1.807, 2.05) is 24.0 Å². The van der Waals surface area contributed by atoms with E-state index >= 15 is 0 Å². The van der Waals surface area contributed by atoms with Crippen LogP contribution in [0.1, 0.15) is 25.1 Å². The summed E-state index contributed by atoms with van der Waals surface area (Å²) in [6.07, 6.45) is -1.98. The van der Waals surface area contributed by atoms with Gasteiger partial charge in [0, 0.05) is 43.7 Å². The molecule has 0 spiro atoms. The average molecular weight is 363 g/mol. The number of nitrogens with one attached hydrogen (secondary N) is 1. The van der Waals surface area contributed by atoms with Crippen molar-refractivity contribution in [1.29, 1.82) is 0 Å². The Morgan fingerprint density at radius 1 is 1.27 bits per heavy atom. The molecule has 0 radical (unpaired) electrons. The highest BCUT2D eigenvalue weighted by Gasteiger charge is 2.36. The second kappa shape index (κ2) is 6.63. The second-order valence-corrected chi connectivity index (χ2v) is 7.00. The fraction of sp³-hybridized carbons (Fsp3) is 0.368. The zero-order valence-corrected chi connectivity index (χ0v) is 14.6. The maximum Gasteiger partial charge on any atom is 0.416 e. The van der Waals surface area contributed by atoms with E-state index < -0.39 is 11.7 Å². The Labute approximate surface area is 150 Å². The fourth-order valence-corrected chi connectivity index (χ4v) is 3.26. The van der Waals surface area contributed by atoms with Gasteiger partial charge in [0.25, 0.3) is 0 Å². The average Bonchev–Trinajstić information content (AvgIpc) is 2.59. The predicted octanol–water partition coefficient (Wildman–Crippen LogP) is 3.94. The Hall–Kier alpha value is -2.57. The number of benzene rings is 1. The summed E-state index contributed by atoms with van der Waals surface area (Å²) in [4.78, 5) is 17.7. The lowest BCUT2D eigenvalue weighted by Gasteiger charge is -2.42. The van der Waals surface area contributed by atoms with Gasteiger partial charge in [0.15, 0.2) is 0 Å². The number of fused-ring (bicyclic) bond motifs is 1. The molecular weight excluding hydrogens is 343 g/mol. The van der Waals surface area contributed by atoms with Crippen molar-refractivity contribution in [3.05, 3.63) is 53.9 Å². The molecule has 1 aromatic carbocycles. The summed E-state index contributed by atoms with van der Waals surface area (Å²) in [7, 11) is 0. The van der Waals surface area contributed by atoms with Crippen LogP contribution in [0.25, 0.3) is 0 Å². The van der Waals surface area contributed by atoms with Crippen molar-refractivity contribution in [2.45, 2.75) is 26.4 Å². The summed E-state index contributed by atoms with van der Waals surface area (Å²) in [6, 6.07) is 8.86. The van der Waals surface area contributed by atoms with E-state index in [1.54, 1.807) is 6.20 Å². The molecule has 0 unspecified atom stereocenters. The molecule has 0 fully saturated rings. The van der Waals surface area contributed by atoms with Crippen molar-refractivity contribution in [2.75, 3.05) is 18.0 Å². The predicted molar refractivity (Wildman–Crippen MR) is 93.2 cm³/mol. The van der Waals surface area contributed by atoms with Crippen LogP contribution >= 0.6 is 0 Å². The standard InChI is InChI=1S/C19H20F3N3O/c1-13(26)24-11-18(2)10-16-17(4-3-9-23-16)25(12-18)15-7-5-14(6-8-15)19(20,21)22/h3-9H,10-12H2,1-2H3,(H,24,26)/t18-/m1/s1. The summed E-state index contributed by atoms with van der Waals surface area (Å²) in [5.74, 6) is -0.112. The zero-order chi connectivity index (χ0) is 18.9. The molecule has 0 saturated carbocycles. The van der Waals surface area contributed by atoms with E-state index in [1.165, 1.54) is 19.1 Å². The van der Waals surface area contributed by atoms with E-state index in [2.05, 4.69) is 10.3 Å². The zero-order valence-electron chi connectivity index (χ0n) is 14.6. The van der Waals surface area contributed by atoms with Gasteiger partial charge < -0.3 is 10.2 Å². The molecule has 1 aromatic heterocycles. The van der Waals surface area contributed by atoms with Crippen LogP contribution in [-0.2, 0) is 17.4 Å². The third-order valence-electron chi connectivity index (χ3n) is 4.56. The van der Waals surface area contributed by atoms with Crippen molar-refractivity contribution < 1.29 is 18.0 Å². The molecule has 2 aromatic rings. The van der Waals surface area contributed by atoms with E-state index in [4.69, 9.17) is 0 Å². The number of anilines is 2. The third kappa shape index (κ3) is 3.81. The number of alkyl halides is 3. The van der Waals surface area contributed by atoms with Gasteiger partial charge in [-0.15, -0.1) is 0 Å². The Balaban J connectivity index is 1.95. The molecule has 4 nitrogen and oxygen atoms in total. The number of carbonyl (C=O) groups excluding carboxylic acids is 1. The minimum Gasteiger partial charge on any atom is -0.356 e. The molecule has 26 heavy (non-hydrogen) atoms. The summed E-state index contributed by atoms with van der Waals surface area (Å²) in [5, 5.41) is 2.85. The Bertz CT molecular complexity index is 804. The Morgan fingerprint density at radius 3 is 2.58 bits per heavy atom. The minimum absolute atomic E-state index is 0.112. The summed E-state index contributed by atoms with van der Waals surface area (Å²) in [5.41, 5.74) is 1.46. The summed E-state index contributed by atoms with van der Waals surface area (Å²) >= 11 is 0. The molecule has 3 rings (SSSR count). The van der Waals surface area contributed by atoms with Crippen LogP contribution in [0.5, 0.6) is 0 Å². The topological polar surface area (TPSA) is 45.2 Å². The van der Waals surface area contributed by atoms with Crippen LogP contribution in [0.4, 0.5) is 24.5 Å². The van der Waals surface area contributed by atoms with E-state index in [0.717, 1.165) is 23.5 Å². The van der Waals surface area contributed by atoms with Crippen molar-refractivity contribution in [3.8, 4) is 0 Å². The van der Waals surface area contributed by atoms with E-state index in [9.17, 15) is 18.0 Å². The maximum atomic E-state index is 12.8. The quantitative estimate of drug-likeness (QED) is 0.899. The first-order valence-corrected chi connectivity index (χ1v) is 8.31. The molecule has 1 N–H and O–H groups in total. The SMILES string of the molecule is CC(=O)NC[C@@]1(C)Cc2ncccc2N(c2ccc(C(F)(F)F)cc2)C1. The van der Waals surface area contributed by atoms with Gasteiger partial charge in [0.1, 0.15) is 0 Å². The van der Waals surface area contributed by atoms with Crippen LogP contribution in [0.2, 0.25) is 0 Å². The first-order chi connectivity index (χ1) is 12.2. The number of rotatable bonds is 3. The molecular formula is C19H20F3N3O. The molecule has 0 aliphatic carbocycles. The van der Waals surface area contributed by atoms with E-state index in [-0.39, 0.29) is 11.3 Å². The van der Waals surface area contributed by atoms with Crippen molar-refractivity contribution >= 4 is 17.3 Å². The molecule has 138 valence electrons. The number of carbonyl (C=O) groups is 1. The van der Waals surface area contributed by atoms with Crippen molar-refractivity contribution in [3.63, 3.8) is 0 Å². The number of nitrogens with zero attached hydrogens (tertiary/aromatic N) is 2. The van der Waals surface area contributed by atoms with Gasteiger partial charge in [-0.05, 0) is 36.4 Å². The number of aromatic nitrogens is 1. The van der Waals surface area contributed by atoms with Gasteiger partial charge in [-0.3, -0.25) is 9.78 Å². The highest BCUT2D eigenvalue weighted by atomic mass is 19.4. The molecule has 1 amide bonds. The van der Waals surface area contributed by atoms with Gasteiger partial charge in [0.2, 0.25) is 5.91 Å². The molecule has 1 aliphatic heterocycles. The van der Waals surface area contributed by atoms with Crippen LogP contribution < -0.4 is 10.2 Å². The smallest absolute Gasteiger partial charge is 0.356 e. The van der Waals surface area contributed by atoms with Crippen LogP contribution in [0, 0.1) is 5.41 Å². The number of halogens is 3. The number of pyridine rings is 1. The molecule has 2 heterocycles. The number of hydrogen-bond acceptors (Lipinski definition) is 3. The summed E-state index contributed by atoms with van der Waals surface area (Å²) < 4.78 is 38.5. The first-order valence-electron chi connectivity index (χ1n) is 8.31. The maximum absolute atomic E-state index is 12.8. The lowest BCUT2D eigenvalue weighted by molar-refractivity contribution is -0.137. The van der Waals surface area contributed by atoms with E-state index in [0.29, 0.717) is 25.2 Å². The highest BCUT2D eigenvalue weighted by Crippen LogP contribution is 2.40. The third-order valence-corrected chi connectivity index (χ3v) is 4.56. The first kappa shape index (κ1) is 18.2. The molecule has 0 bridgehead atoms. The number of hydrogen-bond donors (Lipinski definition) is 1. The highest BCUT2D eigenvalue weighted by molar-refractivity contribution is 5.73. The van der Waals surface area contributed by atoms with Gasteiger partial charge in [-0.2, -0.15) is 13.2 Å². The largest absolute Gasteiger partial charge is 0.416 e. The van der Waals surface area contributed by atoms with Crippen molar-refractivity contribution in [2.24, 2.45) is 5.41 Å². The summed E-state index contributed by atoms with van der Waals surface area (Å²) in [6.45, 7) is 4.54. The van der Waals surface area contributed by atoms with Gasteiger partial charge in [0.05, 0.1) is 16.9 Å². The normalized spacial score (nSPS) is 19.8. The molecule has 7 heteroatoms. The van der Waals surface area contributed by atoms with Crippen LogP contribution in [0.3, 0.4) is 0 Å². The lowest BCUT2D eigenvalue weighted by Crippen LogP contribution is -2.46. The number of amides is 1. The molecule has 1 aliphatic rings. The lowest BCUT2D eigenvalue weighted by atomic mass is 9.80. The Morgan fingerprint density at radius 2 is 1.96 bits per heavy atom. The fourth-order valence-electron chi connectivity index (χ4n) is 3.26. The molecule has 1 atom stereocenters. The minimum atomic E-state index is -4.36.